The van der Waals surface area contributed by atoms with Gasteiger partial charge in [-0.2, -0.15) is 0 Å². The Balaban J connectivity index is 1.62. The van der Waals surface area contributed by atoms with Gasteiger partial charge >= 0.3 is 6.03 Å². The summed E-state index contributed by atoms with van der Waals surface area (Å²) in [7, 11) is 0. The van der Waals surface area contributed by atoms with Gasteiger partial charge in [0.15, 0.2) is 0 Å². The molecule has 2 aromatic rings. The van der Waals surface area contributed by atoms with Crippen molar-refractivity contribution in [2.24, 2.45) is 0 Å². The van der Waals surface area contributed by atoms with E-state index in [0.29, 0.717) is 12.2 Å². The maximum Gasteiger partial charge on any atom is 0.333 e. The summed E-state index contributed by atoms with van der Waals surface area (Å²) in [5.74, 6) is -0.218. The molecule has 4 nitrogen and oxygen atoms in total. The summed E-state index contributed by atoms with van der Waals surface area (Å²) >= 11 is 1.50. The molecule has 23 heavy (non-hydrogen) atoms. The van der Waals surface area contributed by atoms with Crippen LogP contribution in [0.2, 0.25) is 0 Å². The number of nitrogens with zero attached hydrogens (tertiary/aromatic N) is 2. The van der Waals surface area contributed by atoms with Gasteiger partial charge in [-0.25, -0.2) is 4.79 Å². The molecule has 2 aliphatic rings. The maximum absolute atomic E-state index is 12.8. The van der Waals surface area contributed by atoms with E-state index in [9.17, 15) is 9.59 Å². The molecule has 0 radical (unpaired) electrons. The zero-order valence-corrected chi connectivity index (χ0v) is 13.1. The molecule has 3 amide bonds. The smallest absolute Gasteiger partial charge is 0.271 e. The minimum Gasteiger partial charge on any atom is -0.271 e. The maximum atomic E-state index is 12.8. The molecule has 0 aromatic heterocycles. The van der Waals surface area contributed by atoms with E-state index >= 15 is 0 Å². The van der Waals surface area contributed by atoms with Crippen molar-refractivity contribution in [1.82, 2.24) is 9.80 Å². The number of benzene rings is 2. The van der Waals surface area contributed by atoms with Crippen molar-refractivity contribution in [1.29, 1.82) is 0 Å². The number of rotatable bonds is 3. The Morgan fingerprint density at radius 2 is 1.57 bits per heavy atom. The van der Waals surface area contributed by atoms with Gasteiger partial charge in [-0.1, -0.05) is 60.7 Å². The lowest BCUT2D eigenvalue weighted by atomic mass is 10.2. The van der Waals surface area contributed by atoms with Crippen LogP contribution in [0.1, 0.15) is 16.5 Å². The number of urea groups is 1. The highest BCUT2D eigenvalue weighted by Gasteiger charge is 2.47. The summed E-state index contributed by atoms with van der Waals surface area (Å²) in [6.45, 7) is 0.304. The van der Waals surface area contributed by atoms with Crippen LogP contribution in [0.25, 0.3) is 0 Å². The normalized spacial score (nSPS) is 20.0. The van der Waals surface area contributed by atoms with Crippen LogP contribution in [0.15, 0.2) is 71.8 Å². The van der Waals surface area contributed by atoms with Crippen molar-refractivity contribution >= 4 is 23.7 Å². The fraction of sp³-hybridized carbons (Fsp3) is 0.111. The topological polar surface area (TPSA) is 40.6 Å². The lowest BCUT2D eigenvalue weighted by Gasteiger charge is -2.22. The van der Waals surface area contributed by atoms with Crippen molar-refractivity contribution < 1.29 is 9.59 Å². The average Bonchev–Trinajstić information content (AvgIpc) is 3.13. The zero-order chi connectivity index (χ0) is 15.8. The second-order valence-electron chi connectivity index (χ2n) is 5.43. The van der Waals surface area contributed by atoms with Crippen LogP contribution in [-0.4, -0.2) is 21.7 Å². The highest BCUT2D eigenvalue weighted by Crippen LogP contribution is 2.46. The van der Waals surface area contributed by atoms with E-state index < -0.39 is 0 Å². The van der Waals surface area contributed by atoms with Gasteiger partial charge in [-0.15, -0.1) is 11.8 Å². The highest BCUT2D eigenvalue weighted by atomic mass is 32.2. The van der Waals surface area contributed by atoms with Gasteiger partial charge in [0.05, 0.1) is 6.54 Å². The van der Waals surface area contributed by atoms with Crippen LogP contribution in [-0.2, 0) is 11.3 Å². The molecule has 0 N–H and O–H groups in total. The fourth-order valence-corrected chi connectivity index (χ4v) is 3.95. The first kappa shape index (κ1) is 14.1. The quantitative estimate of drug-likeness (QED) is 0.808. The van der Waals surface area contributed by atoms with Crippen molar-refractivity contribution in [3.8, 4) is 0 Å². The van der Waals surface area contributed by atoms with Gasteiger partial charge in [-0.3, -0.25) is 14.6 Å². The predicted octanol–water partition coefficient (Wildman–Crippen LogP) is 3.74. The molecule has 114 valence electrons. The molecule has 0 saturated carbocycles. The first-order valence-corrected chi connectivity index (χ1v) is 8.29. The average molecular weight is 322 g/mol. The lowest BCUT2D eigenvalue weighted by molar-refractivity contribution is -0.123. The van der Waals surface area contributed by atoms with E-state index in [1.807, 2.05) is 60.7 Å². The molecular weight excluding hydrogens is 308 g/mol. The molecule has 2 heterocycles. The molecule has 0 spiro atoms. The summed E-state index contributed by atoms with van der Waals surface area (Å²) in [5, 5.41) is 1.63. The number of fused-ring (bicyclic) bond motifs is 1. The summed E-state index contributed by atoms with van der Waals surface area (Å²) in [6.07, 6.45) is 0. The molecule has 4 rings (SSSR count). The Morgan fingerprint density at radius 1 is 0.913 bits per heavy atom. The summed E-state index contributed by atoms with van der Waals surface area (Å²) < 4.78 is 0. The first-order chi connectivity index (χ1) is 11.3. The Kier molecular flexibility index (Phi) is 3.42. The van der Waals surface area contributed by atoms with Crippen molar-refractivity contribution in [3.05, 3.63) is 82.9 Å². The SMILES string of the molecule is O=C1C2=CS[C@@H](c3ccccc3)N2C(=O)N1Cc1ccccc1. The molecule has 5 heteroatoms. The second-order valence-corrected chi connectivity index (χ2v) is 6.39. The van der Waals surface area contributed by atoms with Gasteiger partial charge in [0.1, 0.15) is 11.1 Å². The van der Waals surface area contributed by atoms with E-state index in [1.54, 1.807) is 10.3 Å². The molecule has 1 saturated heterocycles. The van der Waals surface area contributed by atoms with Crippen molar-refractivity contribution in [2.75, 3.05) is 0 Å². The minimum atomic E-state index is -0.246. The highest BCUT2D eigenvalue weighted by molar-refractivity contribution is 8.02. The Labute approximate surface area is 138 Å². The lowest BCUT2D eigenvalue weighted by Crippen LogP contribution is -2.33. The Bertz CT molecular complexity index is 789. The van der Waals surface area contributed by atoms with Crippen LogP contribution >= 0.6 is 11.8 Å². The molecular formula is C18H14N2O2S. The number of hydrogen-bond donors (Lipinski definition) is 0. The predicted molar refractivity (Wildman–Crippen MR) is 89.1 cm³/mol. The van der Waals surface area contributed by atoms with E-state index in [1.165, 1.54) is 16.7 Å². The zero-order valence-electron chi connectivity index (χ0n) is 12.3. The number of carbonyl (C=O) groups is 2. The molecule has 1 fully saturated rings. The number of hydrogen-bond acceptors (Lipinski definition) is 3. The Morgan fingerprint density at radius 3 is 2.26 bits per heavy atom. The van der Waals surface area contributed by atoms with Gasteiger partial charge < -0.3 is 0 Å². The van der Waals surface area contributed by atoms with Gasteiger partial charge in [0.2, 0.25) is 0 Å². The van der Waals surface area contributed by atoms with Crippen molar-refractivity contribution in [3.63, 3.8) is 0 Å². The number of carbonyl (C=O) groups excluding carboxylic acids is 2. The van der Waals surface area contributed by atoms with Crippen molar-refractivity contribution in [2.45, 2.75) is 11.9 Å². The molecule has 2 aromatic carbocycles. The number of imide groups is 1. The van der Waals surface area contributed by atoms with Crippen LogP contribution < -0.4 is 0 Å². The third-order valence-corrected chi connectivity index (χ3v) is 5.07. The van der Waals surface area contributed by atoms with Gasteiger partial charge in [-0.05, 0) is 11.1 Å². The number of thioether (sulfide) groups is 1. The third-order valence-electron chi connectivity index (χ3n) is 3.97. The van der Waals surface area contributed by atoms with E-state index in [2.05, 4.69) is 0 Å². The summed E-state index contributed by atoms with van der Waals surface area (Å²) in [5.41, 5.74) is 2.44. The second kappa shape index (κ2) is 5.59. The molecule has 1 atom stereocenters. The van der Waals surface area contributed by atoms with E-state index in [0.717, 1.165) is 11.1 Å². The Hall–Kier alpha value is -2.53. The van der Waals surface area contributed by atoms with Gasteiger partial charge in [0, 0.05) is 5.41 Å². The summed E-state index contributed by atoms with van der Waals surface area (Å²) in [4.78, 5) is 28.2. The van der Waals surface area contributed by atoms with Crippen LogP contribution in [0.5, 0.6) is 0 Å². The fourth-order valence-electron chi connectivity index (χ4n) is 2.84. The monoisotopic (exact) mass is 322 g/mol. The molecule has 0 unspecified atom stereocenters. The number of amides is 3. The van der Waals surface area contributed by atoms with Crippen LogP contribution in [0.4, 0.5) is 4.79 Å². The van der Waals surface area contributed by atoms with E-state index in [-0.39, 0.29) is 17.3 Å². The molecule has 2 aliphatic heterocycles. The first-order valence-electron chi connectivity index (χ1n) is 7.35. The van der Waals surface area contributed by atoms with Crippen LogP contribution in [0, 0.1) is 0 Å². The van der Waals surface area contributed by atoms with Gasteiger partial charge in [0.25, 0.3) is 5.91 Å². The minimum absolute atomic E-state index is 0.163. The van der Waals surface area contributed by atoms with E-state index in [4.69, 9.17) is 0 Å². The third kappa shape index (κ3) is 2.33. The molecule has 0 bridgehead atoms. The standard InChI is InChI=1S/C18H14N2O2S/c21-16-15-12-23-17(14-9-5-2-6-10-14)20(15)18(22)19(16)11-13-7-3-1-4-8-13/h1-10,12,17H,11H2/t17-/m0/s1. The largest absolute Gasteiger partial charge is 0.333 e. The van der Waals surface area contributed by atoms with Crippen LogP contribution in [0.3, 0.4) is 0 Å². The summed E-state index contributed by atoms with van der Waals surface area (Å²) in [6, 6.07) is 19.1. The molecule has 0 aliphatic carbocycles.